The van der Waals surface area contributed by atoms with Crippen molar-refractivity contribution >= 4 is 45.7 Å². The largest absolute Gasteiger partial charge is 0.331 e. The molecule has 0 aliphatic heterocycles. The Morgan fingerprint density at radius 2 is 1.69 bits per heavy atom. The van der Waals surface area contributed by atoms with Crippen LogP contribution >= 0.6 is 23.2 Å². The van der Waals surface area contributed by atoms with Crippen molar-refractivity contribution in [3.8, 4) is 0 Å². The Balaban J connectivity index is 2.00. The number of halogens is 2. The molecule has 0 radical (unpaired) electrons. The maximum absolute atomic E-state index is 13.0. The van der Waals surface area contributed by atoms with E-state index in [1.807, 2.05) is 13.8 Å². The Kier molecular flexibility index (Phi) is 6.45. The van der Waals surface area contributed by atoms with Crippen LogP contribution in [0.2, 0.25) is 10.0 Å². The van der Waals surface area contributed by atoms with E-state index in [9.17, 15) is 14.4 Å². The number of fused-ring (bicyclic) bond motifs is 1. The number of aromatic nitrogens is 2. The molecular formula is C21H21Cl2N3O3. The number of anilines is 1. The fourth-order valence-electron chi connectivity index (χ4n) is 3.08. The summed E-state index contributed by atoms with van der Waals surface area (Å²) in [4.78, 5) is 38.4. The lowest BCUT2D eigenvalue weighted by Gasteiger charge is -2.15. The molecule has 0 aliphatic rings. The predicted octanol–water partition coefficient (Wildman–Crippen LogP) is 4.15. The molecule has 2 aromatic carbocycles. The zero-order valence-corrected chi connectivity index (χ0v) is 17.6. The van der Waals surface area contributed by atoms with Gasteiger partial charge in [0, 0.05) is 22.3 Å². The SMILES string of the molecule is CC(C)CCn1c(=O)c2ccccc2n(CC(=O)Nc2cc(Cl)cc(Cl)c2)c1=O. The van der Waals surface area contributed by atoms with Crippen molar-refractivity contribution in [3.63, 3.8) is 0 Å². The number of benzene rings is 2. The van der Waals surface area contributed by atoms with E-state index >= 15 is 0 Å². The van der Waals surface area contributed by atoms with Gasteiger partial charge in [-0.15, -0.1) is 0 Å². The highest BCUT2D eigenvalue weighted by Gasteiger charge is 2.16. The summed E-state index contributed by atoms with van der Waals surface area (Å²) in [5.41, 5.74) is -0.00119. The molecule has 0 spiro atoms. The molecule has 0 unspecified atom stereocenters. The van der Waals surface area contributed by atoms with E-state index in [0.717, 1.165) is 0 Å². The van der Waals surface area contributed by atoms with E-state index in [1.165, 1.54) is 9.13 Å². The lowest BCUT2D eigenvalue weighted by Crippen LogP contribution is -2.42. The number of nitrogens with one attached hydrogen (secondary N) is 1. The molecular weight excluding hydrogens is 413 g/mol. The van der Waals surface area contributed by atoms with Crippen LogP contribution in [-0.2, 0) is 17.9 Å². The third-order valence-electron chi connectivity index (χ3n) is 4.51. The summed E-state index contributed by atoms with van der Waals surface area (Å²) in [6, 6.07) is 11.5. The molecule has 0 fully saturated rings. The minimum Gasteiger partial charge on any atom is -0.324 e. The molecule has 0 atom stereocenters. The van der Waals surface area contributed by atoms with Crippen LogP contribution in [0.3, 0.4) is 0 Å². The smallest absolute Gasteiger partial charge is 0.324 e. The summed E-state index contributed by atoms with van der Waals surface area (Å²) >= 11 is 11.9. The van der Waals surface area contributed by atoms with Crippen molar-refractivity contribution < 1.29 is 4.79 Å². The van der Waals surface area contributed by atoms with Gasteiger partial charge in [-0.05, 0) is 42.7 Å². The van der Waals surface area contributed by atoms with Crippen LogP contribution in [0.25, 0.3) is 10.9 Å². The first-order valence-corrected chi connectivity index (χ1v) is 10.00. The molecule has 1 aromatic heterocycles. The number of para-hydroxylation sites is 1. The minimum atomic E-state index is -0.506. The number of carbonyl (C=O) groups excluding carboxylic acids is 1. The Bertz CT molecular complexity index is 1160. The summed E-state index contributed by atoms with van der Waals surface area (Å²) in [6.07, 6.45) is 0.681. The lowest BCUT2D eigenvalue weighted by molar-refractivity contribution is -0.116. The van der Waals surface area contributed by atoms with Crippen molar-refractivity contribution in [2.24, 2.45) is 5.92 Å². The highest BCUT2D eigenvalue weighted by Crippen LogP contribution is 2.22. The number of hydrogen-bond acceptors (Lipinski definition) is 3. The van der Waals surface area contributed by atoms with Gasteiger partial charge in [0.05, 0.1) is 10.9 Å². The molecule has 3 rings (SSSR count). The van der Waals surface area contributed by atoms with E-state index in [0.29, 0.717) is 45.5 Å². The van der Waals surface area contributed by atoms with E-state index in [2.05, 4.69) is 5.32 Å². The summed E-state index contributed by atoms with van der Waals surface area (Å²) in [5, 5.41) is 3.86. The second-order valence-electron chi connectivity index (χ2n) is 7.23. The molecule has 29 heavy (non-hydrogen) atoms. The van der Waals surface area contributed by atoms with Crippen molar-refractivity contribution in [2.75, 3.05) is 5.32 Å². The minimum absolute atomic E-state index is 0.245. The van der Waals surface area contributed by atoms with Gasteiger partial charge in [0.25, 0.3) is 5.56 Å². The van der Waals surface area contributed by atoms with Crippen LogP contribution in [0.1, 0.15) is 20.3 Å². The maximum atomic E-state index is 13.0. The van der Waals surface area contributed by atoms with Gasteiger partial charge < -0.3 is 5.32 Å². The molecule has 0 bridgehead atoms. The average Bonchev–Trinajstić information content (AvgIpc) is 2.64. The number of carbonyl (C=O) groups is 1. The molecule has 1 amide bonds. The van der Waals surface area contributed by atoms with Crippen LogP contribution < -0.4 is 16.6 Å². The van der Waals surface area contributed by atoms with E-state index in [4.69, 9.17) is 23.2 Å². The van der Waals surface area contributed by atoms with Gasteiger partial charge in [0.1, 0.15) is 6.54 Å². The number of amides is 1. The predicted molar refractivity (Wildman–Crippen MR) is 117 cm³/mol. The van der Waals surface area contributed by atoms with E-state index < -0.39 is 11.6 Å². The quantitative estimate of drug-likeness (QED) is 0.634. The molecule has 6 nitrogen and oxygen atoms in total. The van der Waals surface area contributed by atoms with Gasteiger partial charge in [-0.2, -0.15) is 0 Å². The molecule has 0 aliphatic carbocycles. The first kappa shape index (κ1) is 21.1. The van der Waals surface area contributed by atoms with Crippen LogP contribution in [-0.4, -0.2) is 15.0 Å². The Morgan fingerprint density at radius 1 is 1.03 bits per heavy atom. The molecule has 0 saturated carbocycles. The van der Waals surface area contributed by atoms with Gasteiger partial charge in [0.15, 0.2) is 0 Å². The van der Waals surface area contributed by atoms with Crippen molar-refractivity contribution in [3.05, 3.63) is 73.3 Å². The van der Waals surface area contributed by atoms with Gasteiger partial charge in [0.2, 0.25) is 5.91 Å². The Morgan fingerprint density at radius 3 is 2.34 bits per heavy atom. The van der Waals surface area contributed by atoms with Crippen molar-refractivity contribution in [1.82, 2.24) is 9.13 Å². The summed E-state index contributed by atoms with van der Waals surface area (Å²) < 4.78 is 2.52. The third-order valence-corrected chi connectivity index (χ3v) is 4.95. The maximum Gasteiger partial charge on any atom is 0.331 e. The molecule has 8 heteroatoms. The second-order valence-corrected chi connectivity index (χ2v) is 8.10. The summed E-state index contributed by atoms with van der Waals surface area (Å²) in [7, 11) is 0. The summed E-state index contributed by atoms with van der Waals surface area (Å²) in [6.45, 7) is 4.10. The fraction of sp³-hybridized carbons (Fsp3) is 0.286. The van der Waals surface area contributed by atoms with E-state index in [-0.39, 0.29) is 12.1 Å². The standard InChI is InChI=1S/C21H21Cl2N3O3/c1-13(2)7-8-25-20(28)17-5-3-4-6-18(17)26(21(25)29)12-19(27)24-16-10-14(22)9-15(23)11-16/h3-6,9-11,13H,7-8,12H2,1-2H3,(H,24,27). The van der Waals surface area contributed by atoms with Crippen LogP contribution in [0.4, 0.5) is 5.69 Å². The van der Waals surface area contributed by atoms with Crippen LogP contribution in [0, 0.1) is 5.92 Å². The molecule has 1 N–H and O–H groups in total. The number of hydrogen-bond donors (Lipinski definition) is 1. The Labute approximate surface area is 177 Å². The second kappa shape index (κ2) is 8.84. The first-order valence-electron chi connectivity index (χ1n) is 9.24. The third kappa shape index (κ3) is 4.89. The van der Waals surface area contributed by atoms with Crippen molar-refractivity contribution in [1.29, 1.82) is 0 Å². The monoisotopic (exact) mass is 433 g/mol. The summed E-state index contributed by atoms with van der Waals surface area (Å²) in [5.74, 6) is -0.0956. The molecule has 0 saturated heterocycles. The molecule has 1 heterocycles. The molecule has 152 valence electrons. The highest BCUT2D eigenvalue weighted by molar-refractivity contribution is 6.35. The average molecular weight is 434 g/mol. The van der Waals surface area contributed by atoms with E-state index in [1.54, 1.807) is 42.5 Å². The Hall–Kier alpha value is -2.57. The van der Waals surface area contributed by atoms with Crippen LogP contribution in [0.5, 0.6) is 0 Å². The zero-order valence-electron chi connectivity index (χ0n) is 16.1. The van der Waals surface area contributed by atoms with Gasteiger partial charge >= 0.3 is 5.69 Å². The van der Waals surface area contributed by atoms with Crippen molar-refractivity contribution in [2.45, 2.75) is 33.4 Å². The van der Waals surface area contributed by atoms with Crippen LogP contribution in [0.15, 0.2) is 52.1 Å². The number of rotatable bonds is 6. The topological polar surface area (TPSA) is 73.1 Å². The number of nitrogens with zero attached hydrogens (tertiary/aromatic N) is 2. The van der Waals surface area contributed by atoms with Gasteiger partial charge in [-0.25, -0.2) is 4.79 Å². The normalized spacial score (nSPS) is 11.2. The zero-order chi connectivity index (χ0) is 21.1. The fourth-order valence-corrected chi connectivity index (χ4v) is 3.60. The lowest BCUT2D eigenvalue weighted by atomic mass is 10.1. The highest BCUT2D eigenvalue weighted by atomic mass is 35.5. The van der Waals surface area contributed by atoms with Gasteiger partial charge in [-0.3, -0.25) is 18.7 Å². The van der Waals surface area contributed by atoms with Gasteiger partial charge in [-0.1, -0.05) is 49.2 Å². The first-order chi connectivity index (χ1) is 13.8. The molecule has 3 aromatic rings.